The van der Waals surface area contributed by atoms with Crippen LogP contribution in [-0.4, -0.2) is 41.3 Å². The van der Waals surface area contributed by atoms with E-state index in [2.05, 4.69) is 17.2 Å². The molecule has 0 bridgehead atoms. The lowest BCUT2D eigenvalue weighted by molar-refractivity contribution is -0.122. The number of aromatic nitrogens is 1. The van der Waals surface area contributed by atoms with E-state index in [0.29, 0.717) is 6.54 Å². The van der Waals surface area contributed by atoms with E-state index in [1.807, 2.05) is 12.1 Å². The summed E-state index contributed by atoms with van der Waals surface area (Å²) in [5.74, 6) is -0.225. The van der Waals surface area contributed by atoms with Crippen LogP contribution >= 0.6 is 0 Å². The lowest BCUT2D eigenvalue weighted by atomic mass is 10.2. The molecule has 5 N–H and O–H groups in total. The first-order chi connectivity index (χ1) is 9.51. The van der Waals surface area contributed by atoms with Crippen LogP contribution in [0, 0.1) is 0 Å². The van der Waals surface area contributed by atoms with Crippen LogP contribution in [0.2, 0.25) is 0 Å². The monoisotopic (exact) mass is 279 g/mol. The summed E-state index contributed by atoms with van der Waals surface area (Å²) in [6, 6.07) is 3.71. The summed E-state index contributed by atoms with van der Waals surface area (Å²) >= 11 is 0. The van der Waals surface area contributed by atoms with Crippen molar-refractivity contribution in [2.24, 2.45) is 11.5 Å². The molecular formula is C13H21N5O2. The Bertz CT molecular complexity index is 448. The fourth-order valence-electron chi connectivity index (χ4n) is 1.79. The van der Waals surface area contributed by atoms with E-state index < -0.39 is 11.8 Å². The highest BCUT2D eigenvalue weighted by molar-refractivity contribution is 5.79. The SMILES string of the molecule is CCCNc1cc(CN(CC(N)=O)CC(N)=O)ccn1. The van der Waals surface area contributed by atoms with Crippen LogP contribution in [-0.2, 0) is 16.1 Å². The maximum absolute atomic E-state index is 11.0. The van der Waals surface area contributed by atoms with Gasteiger partial charge in [-0.3, -0.25) is 14.5 Å². The van der Waals surface area contributed by atoms with Crippen molar-refractivity contribution in [3.05, 3.63) is 23.9 Å². The van der Waals surface area contributed by atoms with Gasteiger partial charge in [-0.2, -0.15) is 0 Å². The maximum atomic E-state index is 11.0. The minimum atomic E-state index is -0.496. The number of carbonyl (C=O) groups is 2. The van der Waals surface area contributed by atoms with Crippen LogP contribution in [0.25, 0.3) is 0 Å². The molecule has 1 heterocycles. The van der Waals surface area contributed by atoms with Crippen LogP contribution in [0.15, 0.2) is 18.3 Å². The fourth-order valence-corrected chi connectivity index (χ4v) is 1.79. The number of nitrogens with one attached hydrogen (secondary N) is 1. The van der Waals surface area contributed by atoms with Gasteiger partial charge in [-0.25, -0.2) is 4.98 Å². The predicted octanol–water partition coefficient (Wildman–Crippen LogP) is -0.324. The summed E-state index contributed by atoms with van der Waals surface area (Å²) in [6.07, 6.45) is 2.68. The van der Waals surface area contributed by atoms with Gasteiger partial charge in [-0.1, -0.05) is 6.92 Å². The fraction of sp³-hybridized carbons (Fsp3) is 0.462. The highest BCUT2D eigenvalue weighted by Crippen LogP contribution is 2.09. The molecule has 110 valence electrons. The van der Waals surface area contributed by atoms with Gasteiger partial charge < -0.3 is 16.8 Å². The number of hydrogen-bond acceptors (Lipinski definition) is 5. The molecule has 1 aromatic heterocycles. The standard InChI is InChI=1S/C13H21N5O2/c1-2-4-16-13-6-10(3-5-17-13)7-18(8-11(14)19)9-12(15)20/h3,5-6H,2,4,7-9H2,1H3,(H2,14,19)(H2,15,20)(H,16,17). The predicted molar refractivity (Wildman–Crippen MR) is 76.7 cm³/mol. The number of nitrogens with zero attached hydrogens (tertiary/aromatic N) is 2. The van der Waals surface area contributed by atoms with Gasteiger partial charge >= 0.3 is 0 Å². The number of hydrogen-bond donors (Lipinski definition) is 3. The first-order valence-corrected chi connectivity index (χ1v) is 6.49. The van der Waals surface area contributed by atoms with E-state index in [0.717, 1.165) is 24.3 Å². The highest BCUT2D eigenvalue weighted by Gasteiger charge is 2.12. The number of pyridine rings is 1. The molecule has 0 radical (unpaired) electrons. The molecule has 1 rings (SSSR count). The minimum absolute atomic E-state index is 0.0109. The molecule has 0 aliphatic heterocycles. The van der Waals surface area contributed by atoms with E-state index in [1.165, 1.54) is 0 Å². The number of amides is 2. The average molecular weight is 279 g/mol. The molecule has 7 heteroatoms. The Morgan fingerprint density at radius 3 is 2.50 bits per heavy atom. The zero-order valence-electron chi connectivity index (χ0n) is 11.6. The molecule has 0 unspecified atom stereocenters. The maximum Gasteiger partial charge on any atom is 0.231 e. The van der Waals surface area contributed by atoms with E-state index in [4.69, 9.17) is 11.5 Å². The summed E-state index contributed by atoms with van der Waals surface area (Å²) in [5.41, 5.74) is 11.3. The lowest BCUT2D eigenvalue weighted by Crippen LogP contribution is -2.39. The molecule has 0 atom stereocenters. The Balaban J connectivity index is 2.71. The molecule has 0 saturated heterocycles. The van der Waals surface area contributed by atoms with Crippen molar-refractivity contribution in [2.75, 3.05) is 25.0 Å². The molecule has 0 saturated carbocycles. The second kappa shape index (κ2) is 8.11. The molecule has 0 spiro atoms. The third-order valence-corrected chi connectivity index (χ3v) is 2.55. The zero-order valence-corrected chi connectivity index (χ0v) is 11.6. The third kappa shape index (κ3) is 6.14. The Kier molecular flexibility index (Phi) is 6.45. The van der Waals surface area contributed by atoms with E-state index in [-0.39, 0.29) is 13.1 Å². The Hall–Kier alpha value is -2.15. The van der Waals surface area contributed by atoms with Crippen molar-refractivity contribution in [2.45, 2.75) is 19.9 Å². The van der Waals surface area contributed by atoms with E-state index in [1.54, 1.807) is 11.1 Å². The summed E-state index contributed by atoms with van der Waals surface area (Å²) < 4.78 is 0. The number of nitrogens with two attached hydrogens (primary N) is 2. The van der Waals surface area contributed by atoms with Crippen LogP contribution in [0.5, 0.6) is 0 Å². The smallest absolute Gasteiger partial charge is 0.231 e. The van der Waals surface area contributed by atoms with Crippen LogP contribution in [0.1, 0.15) is 18.9 Å². The molecular weight excluding hydrogens is 258 g/mol. The second-order valence-corrected chi connectivity index (χ2v) is 4.55. The third-order valence-electron chi connectivity index (χ3n) is 2.55. The van der Waals surface area contributed by atoms with E-state index in [9.17, 15) is 9.59 Å². The molecule has 7 nitrogen and oxygen atoms in total. The quantitative estimate of drug-likeness (QED) is 0.573. The first-order valence-electron chi connectivity index (χ1n) is 6.49. The van der Waals surface area contributed by atoms with Gasteiger partial charge in [0.05, 0.1) is 13.1 Å². The van der Waals surface area contributed by atoms with Crippen LogP contribution in [0.3, 0.4) is 0 Å². The molecule has 0 aromatic carbocycles. The number of rotatable bonds is 9. The van der Waals surface area contributed by atoms with Crippen LogP contribution in [0.4, 0.5) is 5.82 Å². The molecule has 0 aliphatic carbocycles. The zero-order chi connectivity index (χ0) is 15.0. The van der Waals surface area contributed by atoms with Gasteiger partial charge in [0.1, 0.15) is 5.82 Å². The van der Waals surface area contributed by atoms with Gasteiger partial charge in [-0.05, 0) is 24.1 Å². The number of primary amides is 2. The molecule has 0 aliphatic rings. The summed E-state index contributed by atoms with van der Waals surface area (Å²) in [7, 11) is 0. The second-order valence-electron chi connectivity index (χ2n) is 4.55. The largest absolute Gasteiger partial charge is 0.370 e. The average Bonchev–Trinajstić information content (AvgIpc) is 2.35. The van der Waals surface area contributed by atoms with Crippen molar-refractivity contribution in [1.82, 2.24) is 9.88 Å². The van der Waals surface area contributed by atoms with E-state index >= 15 is 0 Å². The Labute approximate surface area is 118 Å². The van der Waals surface area contributed by atoms with Gasteiger partial charge in [0.25, 0.3) is 0 Å². The van der Waals surface area contributed by atoms with Gasteiger partial charge in [-0.15, -0.1) is 0 Å². The molecule has 20 heavy (non-hydrogen) atoms. The van der Waals surface area contributed by atoms with Crippen molar-refractivity contribution in [3.8, 4) is 0 Å². The summed E-state index contributed by atoms with van der Waals surface area (Å²) in [4.78, 5) is 27.8. The summed E-state index contributed by atoms with van der Waals surface area (Å²) in [5, 5.41) is 3.18. The minimum Gasteiger partial charge on any atom is -0.370 e. The van der Waals surface area contributed by atoms with Gasteiger partial charge in [0, 0.05) is 19.3 Å². The Morgan fingerprint density at radius 1 is 1.30 bits per heavy atom. The molecule has 1 aromatic rings. The van der Waals surface area contributed by atoms with Crippen molar-refractivity contribution in [1.29, 1.82) is 0 Å². The Morgan fingerprint density at radius 2 is 1.95 bits per heavy atom. The summed E-state index contributed by atoms with van der Waals surface area (Å²) in [6.45, 7) is 3.29. The number of carbonyl (C=O) groups excluding carboxylic acids is 2. The van der Waals surface area contributed by atoms with Gasteiger partial charge in [0.2, 0.25) is 11.8 Å². The van der Waals surface area contributed by atoms with Crippen molar-refractivity contribution < 1.29 is 9.59 Å². The van der Waals surface area contributed by atoms with Crippen molar-refractivity contribution >= 4 is 17.6 Å². The lowest BCUT2D eigenvalue weighted by Gasteiger charge is -2.19. The van der Waals surface area contributed by atoms with Crippen molar-refractivity contribution in [3.63, 3.8) is 0 Å². The molecule has 0 fully saturated rings. The number of anilines is 1. The van der Waals surface area contributed by atoms with Crippen LogP contribution < -0.4 is 16.8 Å². The highest BCUT2D eigenvalue weighted by atomic mass is 16.2. The topological polar surface area (TPSA) is 114 Å². The van der Waals surface area contributed by atoms with Gasteiger partial charge in [0.15, 0.2) is 0 Å². The first kappa shape index (κ1) is 15.9. The molecule has 2 amide bonds. The normalized spacial score (nSPS) is 10.5.